The molecule has 2 heteroatoms. The first-order valence-corrected chi connectivity index (χ1v) is 3.14. The maximum absolute atomic E-state index is 5.65. The van der Waals surface area contributed by atoms with E-state index in [0.717, 1.165) is 19.6 Å². The molecule has 2 atom stereocenters. The van der Waals surface area contributed by atoms with Gasteiger partial charge in [0, 0.05) is 12.6 Å². The predicted octanol–water partition coefficient (Wildman–Crippen LogP) is 0.370. The molecular formula is C6H13NO. The van der Waals surface area contributed by atoms with Crippen LogP contribution in [-0.2, 0) is 4.74 Å². The van der Waals surface area contributed by atoms with E-state index in [9.17, 15) is 0 Å². The highest BCUT2D eigenvalue weighted by molar-refractivity contribution is 4.71. The van der Waals surface area contributed by atoms with E-state index >= 15 is 0 Å². The van der Waals surface area contributed by atoms with Gasteiger partial charge in [-0.3, -0.25) is 0 Å². The minimum atomic E-state index is 0.281. The van der Waals surface area contributed by atoms with Gasteiger partial charge in [-0.15, -0.1) is 0 Å². The van der Waals surface area contributed by atoms with Crippen molar-refractivity contribution >= 4 is 0 Å². The summed E-state index contributed by atoms with van der Waals surface area (Å²) in [5, 5.41) is 0. The molecule has 8 heavy (non-hydrogen) atoms. The zero-order valence-electron chi connectivity index (χ0n) is 5.26. The second-order valence-corrected chi connectivity index (χ2v) is 2.50. The van der Waals surface area contributed by atoms with Crippen LogP contribution >= 0.6 is 0 Å². The topological polar surface area (TPSA) is 35.2 Å². The molecule has 0 aliphatic carbocycles. The van der Waals surface area contributed by atoms with Crippen LogP contribution in [0.4, 0.5) is 0 Å². The molecular weight excluding hydrogens is 102 g/mol. The van der Waals surface area contributed by atoms with Crippen molar-refractivity contribution in [3.8, 4) is 0 Å². The Morgan fingerprint density at radius 3 is 2.75 bits per heavy atom. The van der Waals surface area contributed by atoms with Crippen LogP contribution in [0.15, 0.2) is 0 Å². The third kappa shape index (κ3) is 1.20. The van der Waals surface area contributed by atoms with Crippen molar-refractivity contribution in [2.24, 2.45) is 11.7 Å². The first-order valence-electron chi connectivity index (χ1n) is 3.14. The summed E-state index contributed by atoms with van der Waals surface area (Å²) >= 11 is 0. The second kappa shape index (κ2) is 2.46. The zero-order chi connectivity index (χ0) is 5.98. The first kappa shape index (κ1) is 6.05. The van der Waals surface area contributed by atoms with Crippen molar-refractivity contribution in [3.05, 3.63) is 0 Å². The van der Waals surface area contributed by atoms with Crippen LogP contribution in [0.2, 0.25) is 0 Å². The fraction of sp³-hybridized carbons (Fsp3) is 1.00. The standard InChI is InChI=1S/C6H13NO/c1-5-2-3-8-4-6(5)7/h5-6H,2-4,7H2,1H3/t5-,6+/m1/s1. The van der Waals surface area contributed by atoms with Crippen LogP contribution in [0.1, 0.15) is 13.3 Å². The van der Waals surface area contributed by atoms with Gasteiger partial charge in [-0.1, -0.05) is 6.92 Å². The molecule has 0 spiro atoms. The highest BCUT2D eigenvalue weighted by Crippen LogP contribution is 2.11. The fourth-order valence-corrected chi connectivity index (χ4v) is 0.867. The smallest absolute Gasteiger partial charge is 0.0620 e. The molecule has 2 nitrogen and oxygen atoms in total. The van der Waals surface area contributed by atoms with Crippen LogP contribution in [0.25, 0.3) is 0 Å². The van der Waals surface area contributed by atoms with E-state index in [2.05, 4.69) is 6.92 Å². The van der Waals surface area contributed by atoms with Crippen molar-refractivity contribution < 1.29 is 4.74 Å². The van der Waals surface area contributed by atoms with Gasteiger partial charge >= 0.3 is 0 Å². The SMILES string of the molecule is C[C@@H]1CCOC[C@@H]1N. The van der Waals surface area contributed by atoms with Gasteiger partial charge in [-0.25, -0.2) is 0 Å². The number of rotatable bonds is 0. The van der Waals surface area contributed by atoms with Crippen molar-refractivity contribution in [1.29, 1.82) is 0 Å². The lowest BCUT2D eigenvalue weighted by Crippen LogP contribution is -2.37. The monoisotopic (exact) mass is 115 g/mol. The number of ether oxygens (including phenoxy) is 1. The molecule has 0 aromatic heterocycles. The van der Waals surface area contributed by atoms with Crippen molar-refractivity contribution in [2.45, 2.75) is 19.4 Å². The highest BCUT2D eigenvalue weighted by Gasteiger charge is 2.16. The van der Waals surface area contributed by atoms with Gasteiger partial charge in [0.25, 0.3) is 0 Å². The lowest BCUT2D eigenvalue weighted by atomic mass is 9.98. The van der Waals surface area contributed by atoms with Crippen LogP contribution < -0.4 is 5.73 Å². The Bertz CT molecular complexity index is 64.9. The molecule has 0 bridgehead atoms. The van der Waals surface area contributed by atoms with E-state index in [1.165, 1.54) is 0 Å². The summed E-state index contributed by atoms with van der Waals surface area (Å²) < 4.78 is 5.13. The quantitative estimate of drug-likeness (QED) is 0.495. The van der Waals surface area contributed by atoms with Gasteiger partial charge in [0.05, 0.1) is 6.61 Å². The first-order chi connectivity index (χ1) is 3.80. The Labute approximate surface area is 50.0 Å². The predicted molar refractivity (Wildman–Crippen MR) is 32.6 cm³/mol. The molecule has 1 rings (SSSR count). The average Bonchev–Trinajstić information content (AvgIpc) is 1.77. The molecule has 1 saturated heterocycles. The third-order valence-electron chi connectivity index (χ3n) is 1.76. The molecule has 2 N–H and O–H groups in total. The molecule has 1 heterocycles. The molecule has 0 aromatic carbocycles. The largest absolute Gasteiger partial charge is 0.380 e. The lowest BCUT2D eigenvalue weighted by Gasteiger charge is -2.24. The van der Waals surface area contributed by atoms with Crippen LogP contribution in [0, 0.1) is 5.92 Å². The molecule has 0 amide bonds. The van der Waals surface area contributed by atoms with E-state index in [-0.39, 0.29) is 6.04 Å². The number of hydrogen-bond donors (Lipinski definition) is 1. The van der Waals surface area contributed by atoms with Gasteiger partial charge in [-0.05, 0) is 12.3 Å². The minimum Gasteiger partial charge on any atom is -0.380 e. The molecule has 1 aliphatic rings. The average molecular weight is 115 g/mol. The van der Waals surface area contributed by atoms with E-state index in [1.807, 2.05) is 0 Å². The van der Waals surface area contributed by atoms with Gasteiger partial charge in [0.15, 0.2) is 0 Å². The Hall–Kier alpha value is -0.0800. The minimum absolute atomic E-state index is 0.281. The third-order valence-corrected chi connectivity index (χ3v) is 1.76. The summed E-state index contributed by atoms with van der Waals surface area (Å²) in [4.78, 5) is 0. The molecule has 48 valence electrons. The summed E-state index contributed by atoms with van der Waals surface area (Å²) in [5.74, 6) is 0.656. The molecule has 0 saturated carbocycles. The molecule has 0 unspecified atom stereocenters. The molecule has 1 aliphatic heterocycles. The van der Waals surface area contributed by atoms with Crippen molar-refractivity contribution in [2.75, 3.05) is 13.2 Å². The van der Waals surface area contributed by atoms with E-state index < -0.39 is 0 Å². The number of hydrogen-bond acceptors (Lipinski definition) is 2. The zero-order valence-corrected chi connectivity index (χ0v) is 5.26. The van der Waals surface area contributed by atoms with Crippen LogP contribution in [0.3, 0.4) is 0 Å². The van der Waals surface area contributed by atoms with Crippen molar-refractivity contribution in [1.82, 2.24) is 0 Å². The second-order valence-electron chi connectivity index (χ2n) is 2.50. The number of nitrogens with two attached hydrogens (primary N) is 1. The van der Waals surface area contributed by atoms with Gasteiger partial charge < -0.3 is 10.5 Å². The van der Waals surface area contributed by atoms with E-state index in [0.29, 0.717) is 5.92 Å². The van der Waals surface area contributed by atoms with Gasteiger partial charge in [0.2, 0.25) is 0 Å². The van der Waals surface area contributed by atoms with Crippen LogP contribution in [0.5, 0.6) is 0 Å². The van der Waals surface area contributed by atoms with E-state index in [1.54, 1.807) is 0 Å². The lowest BCUT2D eigenvalue weighted by molar-refractivity contribution is 0.0546. The Kier molecular flexibility index (Phi) is 1.86. The van der Waals surface area contributed by atoms with Crippen molar-refractivity contribution in [3.63, 3.8) is 0 Å². The Balaban J connectivity index is 2.28. The normalized spacial score (nSPS) is 39.8. The van der Waals surface area contributed by atoms with Gasteiger partial charge in [0.1, 0.15) is 0 Å². The molecule has 0 aromatic rings. The summed E-state index contributed by atoms with van der Waals surface area (Å²) in [6.07, 6.45) is 1.13. The molecule has 0 radical (unpaired) electrons. The maximum atomic E-state index is 5.65. The summed E-state index contributed by atoms with van der Waals surface area (Å²) in [5.41, 5.74) is 5.65. The maximum Gasteiger partial charge on any atom is 0.0620 e. The molecule has 1 fully saturated rings. The summed E-state index contributed by atoms with van der Waals surface area (Å²) in [6, 6.07) is 0.281. The fourth-order valence-electron chi connectivity index (χ4n) is 0.867. The van der Waals surface area contributed by atoms with E-state index in [4.69, 9.17) is 10.5 Å². The summed E-state index contributed by atoms with van der Waals surface area (Å²) in [6.45, 7) is 3.82. The summed E-state index contributed by atoms with van der Waals surface area (Å²) in [7, 11) is 0. The van der Waals surface area contributed by atoms with Gasteiger partial charge in [-0.2, -0.15) is 0 Å². The Morgan fingerprint density at radius 1 is 1.62 bits per heavy atom. The highest BCUT2D eigenvalue weighted by atomic mass is 16.5. The Morgan fingerprint density at radius 2 is 2.38 bits per heavy atom. The van der Waals surface area contributed by atoms with Crippen LogP contribution in [-0.4, -0.2) is 19.3 Å².